The van der Waals surface area contributed by atoms with E-state index in [-0.39, 0.29) is 5.41 Å². The molecule has 0 aliphatic rings. The summed E-state index contributed by atoms with van der Waals surface area (Å²) in [5, 5.41) is 0.743. The lowest BCUT2D eigenvalue weighted by Gasteiger charge is -2.19. The van der Waals surface area contributed by atoms with Crippen molar-refractivity contribution in [3.63, 3.8) is 0 Å². The van der Waals surface area contributed by atoms with Crippen molar-refractivity contribution in [2.45, 2.75) is 46.3 Å². The summed E-state index contributed by atoms with van der Waals surface area (Å²) in [4.78, 5) is 4.80. The molecule has 166 valence electrons. The molecule has 0 radical (unpaired) electrons. The molecular weight excluding hydrogens is 420 g/mol. The molecule has 0 bridgehead atoms. The average Bonchev–Trinajstić information content (AvgIpc) is 3.12. The molecule has 0 saturated carbocycles. The van der Waals surface area contributed by atoms with E-state index in [0.717, 1.165) is 38.9 Å². The summed E-state index contributed by atoms with van der Waals surface area (Å²) in [6.07, 6.45) is 0. The highest BCUT2D eigenvalue weighted by Crippen LogP contribution is 2.25. The first-order valence-electron chi connectivity index (χ1n) is 10.9. The van der Waals surface area contributed by atoms with Crippen LogP contribution in [-0.4, -0.2) is 16.2 Å². The topological polar surface area (TPSA) is 36.3 Å². The first-order chi connectivity index (χ1) is 15.3. The van der Waals surface area contributed by atoms with Crippen LogP contribution in [0, 0.1) is 6.92 Å². The van der Waals surface area contributed by atoms with Gasteiger partial charge in [-0.2, -0.15) is 0 Å². The van der Waals surface area contributed by atoms with Crippen LogP contribution in [0.25, 0.3) is 11.0 Å². The minimum atomic E-state index is 0.120. The lowest BCUT2D eigenvalue weighted by molar-refractivity contribution is 0.272. The van der Waals surface area contributed by atoms with Gasteiger partial charge in [-0.05, 0) is 65.9 Å². The molecule has 5 heteroatoms. The Morgan fingerprint density at radius 3 is 2.34 bits per heavy atom. The molecule has 32 heavy (non-hydrogen) atoms. The summed E-state index contributed by atoms with van der Waals surface area (Å²) < 4.78 is 14.2. The minimum Gasteiger partial charge on any atom is -0.492 e. The Balaban J connectivity index is 1.48. The number of aromatic nitrogens is 2. The highest BCUT2D eigenvalue weighted by atomic mass is 35.5. The zero-order valence-electron chi connectivity index (χ0n) is 19.1. The van der Waals surface area contributed by atoms with Crippen LogP contribution in [0.1, 0.15) is 37.7 Å². The fraction of sp³-hybridized carbons (Fsp3) is 0.296. The Labute approximate surface area is 194 Å². The first kappa shape index (κ1) is 22.2. The van der Waals surface area contributed by atoms with Gasteiger partial charge in [0.2, 0.25) is 0 Å². The Kier molecular flexibility index (Phi) is 6.43. The van der Waals surface area contributed by atoms with Crippen molar-refractivity contribution in [2.75, 3.05) is 6.61 Å². The summed E-state index contributed by atoms with van der Waals surface area (Å²) in [6, 6.07) is 22.2. The lowest BCUT2D eigenvalue weighted by atomic mass is 9.87. The van der Waals surface area contributed by atoms with Gasteiger partial charge in [-0.1, -0.05) is 56.6 Å². The standard InChI is InChI=1S/C27H29ClN2O2/c1-19-17-22(13-14-23(19)28)31-16-15-30-25-8-6-5-7-24(25)29-26(30)18-32-21-11-9-20(10-12-21)27(2,3)4/h5-14,17H,15-16,18H2,1-4H3. The summed E-state index contributed by atoms with van der Waals surface area (Å²) in [6.45, 7) is 10.2. The summed E-state index contributed by atoms with van der Waals surface area (Å²) >= 11 is 6.12. The third-order valence-corrected chi connectivity index (χ3v) is 5.96. The van der Waals surface area contributed by atoms with Crippen LogP contribution >= 0.6 is 11.6 Å². The van der Waals surface area contributed by atoms with Gasteiger partial charge in [0.05, 0.1) is 17.6 Å². The molecule has 4 aromatic rings. The molecule has 0 fully saturated rings. The third kappa shape index (κ3) is 5.08. The van der Waals surface area contributed by atoms with Gasteiger partial charge in [0.25, 0.3) is 0 Å². The monoisotopic (exact) mass is 448 g/mol. The molecule has 0 saturated heterocycles. The molecule has 0 atom stereocenters. The van der Waals surface area contributed by atoms with Crippen LogP contribution in [0.2, 0.25) is 5.02 Å². The minimum absolute atomic E-state index is 0.120. The molecule has 0 N–H and O–H groups in total. The van der Waals surface area contributed by atoms with Gasteiger partial charge >= 0.3 is 0 Å². The van der Waals surface area contributed by atoms with E-state index in [2.05, 4.69) is 43.5 Å². The smallest absolute Gasteiger partial charge is 0.148 e. The Bertz CT molecular complexity index is 1210. The number of fused-ring (bicyclic) bond motifs is 1. The van der Waals surface area contributed by atoms with Crippen molar-refractivity contribution in [2.24, 2.45) is 0 Å². The molecule has 0 amide bonds. The molecule has 4 rings (SSSR count). The number of nitrogens with zero attached hydrogens (tertiary/aromatic N) is 2. The van der Waals surface area contributed by atoms with Crippen molar-refractivity contribution in [1.82, 2.24) is 9.55 Å². The number of aryl methyl sites for hydroxylation is 1. The predicted octanol–water partition coefficient (Wildman–Crippen LogP) is 6.95. The maximum absolute atomic E-state index is 6.12. The second kappa shape index (κ2) is 9.25. The number of ether oxygens (including phenoxy) is 2. The Hall–Kier alpha value is -2.98. The molecule has 0 aliphatic heterocycles. The largest absolute Gasteiger partial charge is 0.492 e. The molecule has 1 heterocycles. The first-order valence-corrected chi connectivity index (χ1v) is 11.3. The summed E-state index contributed by atoms with van der Waals surface area (Å²) in [5.41, 5.74) is 4.44. The molecular formula is C27H29ClN2O2. The van der Waals surface area contributed by atoms with Crippen LogP contribution in [0.5, 0.6) is 11.5 Å². The zero-order valence-corrected chi connectivity index (χ0v) is 19.8. The maximum Gasteiger partial charge on any atom is 0.148 e. The normalized spacial score (nSPS) is 11.7. The van der Waals surface area contributed by atoms with Gasteiger partial charge in [0.15, 0.2) is 0 Å². The predicted molar refractivity (Wildman–Crippen MR) is 131 cm³/mol. The van der Waals surface area contributed by atoms with Crippen LogP contribution < -0.4 is 9.47 Å². The van der Waals surface area contributed by atoms with Crippen LogP contribution in [-0.2, 0) is 18.6 Å². The van der Waals surface area contributed by atoms with E-state index in [1.54, 1.807) is 0 Å². The van der Waals surface area contributed by atoms with Crippen LogP contribution in [0.4, 0.5) is 0 Å². The number of benzene rings is 3. The number of para-hydroxylation sites is 2. The average molecular weight is 449 g/mol. The molecule has 3 aromatic carbocycles. The Morgan fingerprint density at radius 1 is 0.906 bits per heavy atom. The SMILES string of the molecule is Cc1cc(OCCn2c(COc3ccc(C(C)(C)C)cc3)nc3ccccc32)ccc1Cl. The summed E-state index contributed by atoms with van der Waals surface area (Å²) in [5.74, 6) is 2.53. The van der Waals surface area contributed by atoms with Crippen LogP contribution in [0.3, 0.4) is 0 Å². The highest BCUT2D eigenvalue weighted by Gasteiger charge is 2.14. The number of imidazole rings is 1. The van der Waals surface area contributed by atoms with Gasteiger partial charge < -0.3 is 14.0 Å². The van der Waals surface area contributed by atoms with Gasteiger partial charge in [-0.15, -0.1) is 0 Å². The number of hydrogen-bond donors (Lipinski definition) is 0. The van der Waals surface area contributed by atoms with Gasteiger partial charge in [-0.25, -0.2) is 4.98 Å². The van der Waals surface area contributed by atoms with Crippen molar-refractivity contribution >= 4 is 22.6 Å². The third-order valence-electron chi connectivity index (χ3n) is 5.53. The summed E-state index contributed by atoms with van der Waals surface area (Å²) in [7, 11) is 0. The van der Waals surface area contributed by atoms with E-state index in [1.165, 1.54) is 5.56 Å². The van der Waals surface area contributed by atoms with E-state index in [0.29, 0.717) is 19.8 Å². The number of rotatable bonds is 7. The van der Waals surface area contributed by atoms with E-state index in [9.17, 15) is 0 Å². The second-order valence-electron chi connectivity index (χ2n) is 8.99. The maximum atomic E-state index is 6.12. The Morgan fingerprint density at radius 2 is 1.62 bits per heavy atom. The fourth-order valence-corrected chi connectivity index (χ4v) is 3.76. The highest BCUT2D eigenvalue weighted by molar-refractivity contribution is 6.31. The molecule has 4 nitrogen and oxygen atoms in total. The quantitative estimate of drug-likeness (QED) is 0.307. The van der Waals surface area contributed by atoms with E-state index < -0.39 is 0 Å². The number of hydrogen-bond acceptors (Lipinski definition) is 3. The van der Waals surface area contributed by atoms with Crippen molar-refractivity contribution in [3.8, 4) is 11.5 Å². The molecule has 0 unspecified atom stereocenters. The van der Waals surface area contributed by atoms with E-state index in [1.807, 2.05) is 55.5 Å². The van der Waals surface area contributed by atoms with Crippen molar-refractivity contribution in [1.29, 1.82) is 0 Å². The van der Waals surface area contributed by atoms with Gasteiger partial charge in [0.1, 0.15) is 30.5 Å². The molecule has 0 spiro atoms. The fourth-order valence-electron chi connectivity index (χ4n) is 3.65. The lowest BCUT2D eigenvalue weighted by Crippen LogP contribution is -2.13. The number of halogens is 1. The van der Waals surface area contributed by atoms with Gasteiger partial charge in [0, 0.05) is 5.02 Å². The van der Waals surface area contributed by atoms with E-state index >= 15 is 0 Å². The van der Waals surface area contributed by atoms with Gasteiger partial charge in [-0.3, -0.25) is 0 Å². The zero-order chi connectivity index (χ0) is 22.7. The van der Waals surface area contributed by atoms with E-state index in [4.69, 9.17) is 26.1 Å². The van der Waals surface area contributed by atoms with Crippen molar-refractivity contribution in [3.05, 3.63) is 88.7 Å². The second-order valence-corrected chi connectivity index (χ2v) is 9.40. The van der Waals surface area contributed by atoms with Crippen LogP contribution in [0.15, 0.2) is 66.7 Å². The molecule has 0 aliphatic carbocycles. The molecule has 1 aromatic heterocycles. The van der Waals surface area contributed by atoms with Crippen molar-refractivity contribution < 1.29 is 9.47 Å².